The van der Waals surface area contributed by atoms with Crippen LogP contribution in [0, 0.1) is 13.8 Å². The van der Waals surface area contributed by atoms with Crippen molar-refractivity contribution in [2.75, 3.05) is 13.2 Å². The van der Waals surface area contributed by atoms with Crippen LogP contribution >= 0.6 is 0 Å². The van der Waals surface area contributed by atoms with Crippen molar-refractivity contribution in [2.45, 2.75) is 51.4 Å². The van der Waals surface area contributed by atoms with Gasteiger partial charge in [-0.25, -0.2) is 0 Å². The molecular weight excluding hydrogens is 266 g/mol. The third-order valence-electron chi connectivity index (χ3n) is 4.44. The Morgan fingerprint density at radius 3 is 2.76 bits per heavy atom. The molecule has 2 fully saturated rings. The van der Waals surface area contributed by atoms with Crippen LogP contribution in [0.4, 0.5) is 0 Å². The maximum Gasteiger partial charge on any atom is 0.251 e. The molecule has 1 N–H and O–H groups in total. The van der Waals surface area contributed by atoms with Gasteiger partial charge in [0.15, 0.2) is 5.79 Å². The first-order valence-corrected chi connectivity index (χ1v) is 7.74. The molecule has 1 spiro atoms. The van der Waals surface area contributed by atoms with Crippen LogP contribution in [-0.2, 0) is 9.47 Å². The van der Waals surface area contributed by atoms with Crippen LogP contribution in [0.2, 0.25) is 0 Å². The molecule has 1 atom stereocenters. The maximum atomic E-state index is 12.5. The SMILES string of the molecule is Cc1ccc(C(=O)NC2CCCC3(C2)OCCO3)c(C)c1. The van der Waals surface area contributed by atoms with Gasteiger partial charge in [-0.3, -0.25) is 4.79 Å². The molecule has 21 heavy (non-hydrogen) atoms. The largest absolute Gasteiger partial charge is 0.349 e. The van der Waals surface area contributed by atoms with E-state index >= 15 is 0 Å². The molecule has 0 bridgehead atoms. The minimum absolute atomic E-state index is 0.00699. The van der Waals surface area contributed by atoms with Crippen LogP contribution in [0.3, 0.4) is 0 Å². The third-order valence-corrected chi connectivity index (χ3v) is 4.44. The van der Waals surface area contributed by atoms with Crippen LogP contribution in [0.1, 0.15) is 47.2 Å². The Morgan fingerprint density at radius 2 is 2.05 bits per heavy atom. The molecule has 1 heterocycles. The number of hydrogen-bond acceptors (Lipinski definition) is 3. The van der Waals surface area contributed by atoms with Crippen molar-refractivity contribution in [3.63, 3.8) is 0 Å². The van der Waals surface area contributed by atoms with E-state index in [1.165, 1.54) is 5.56 Å². The molecular formula is C17H23NO3. The molecule has 0 aromatic heterocycles. The fraction of sp³-hybridized carbons (Fsp3) is 0.588. The lowest BCUT2D eigenvalue weighted by Crippen LogP contribution is -2.46. The van der Waals surface area contributed by atoms with E-state index < -0.39 is 5.79 Å². The summed E-state index contributed by atoms with van der Waals surface area (Å²) in [6, 6.07) is 6.06. The number of aryl methyl sites for hydroxylation is 2. The lowest BCUT2D eigenvalue weighted by molar-refractivity contribution is -0.181. The first-order valence-electron chi connectivity index (χ1n) is 7.74. The summed E-state index contributed by atoms with van der Waals surface area (Å²) in [4.78, 5) is 12.5. The minimum atomic E-state index is -0.446. The van der Waals surface area contributed by atoms with E-state index in [2.05, 4.69) is 5.32 Å². The highest BCUT2D eigenvalue weighted by Crippen LogP contribution is 2.35. The average molecular weight is 289 g/mol. The van der Waals surface area contributed by atoms with Gasteiger partial charge in [0.1, 0.15) is 0 Å². The van der Waals surface area contributed by atoms with Crippen molar-refractivity contribution in [1.29, 1.82) is 0 Å². The lowest BCUT2D eigenvalue weighted by atomic mass is 9.89. The Balaban J connectivity index is 1.67. The second kappa shape index (κ2) is 5.78. The highest BCUT2D eigenvalue weighted by molar-refractivity contribution is 5.95. The Morgan fingerprint density at radius 1 is 1.29 bits per heavy atom. The molecule has 1 saturated carbocycles. The molecule has 1 aliphatic carbocycles. The predicted octanol–water partition coefficient (Wildman–Crippen LogP) is 2.72. The summed E-state index contributed by atoms with van der Waals surface area (Å²) in [5, 5.41) is 3.15. The topological polar surface area (TPSA) is 47.6 Å². The summed E-state index contributed by atoms with van der Waals surface area (Å²) >= 11 is 0. The molecule has 4 heteroatoms. The molecule has 1 amide bonds. The molecule has 1 aromatic carbocycles. The smallest absolute Gasteiger partial charge is 0.251 e. The van der Waals surface area contributed by atoms with Crippen molar-refractivity contribution >= 4 is 5.91 Å². The Bertz CT molecular complexity index is 535. The van der Waals surface area contributed by atoms with Crippen molar-refractivity contribution < 1.29 is 14.3 Å². The van der Waals surface area contributed by atoms with Gasteiger partial charge in [-0.2, -0.15) is 0 Å². The van der Waals surface area contributed by atoms with Crippen LogP contribution < -0.4 is 5.32 Å². The normalized spacial score (nSPS) is 24.2. The standard InChI is InChI=1S/C17H23NO3/c1-12-5-6-15(13(2)10-12)16(19)18-14-4-3-7-17(11-14)20-8-9-21-17/h5-6,10,14H,3-4,7-9,11H2,1-2H3,(H,18,19). The van der Waals surface area contributed by atoms with Gasteiger partial charge in [0, 0.05) is 24.4 Å². The summed E-state index contributed by atoms with van der Waals surface area (Å²) < 4.78 is 11.5. The lowest BCUT2D eigenvalue weighted by Gasteiger charge is -2.36. The van der Waals surface area contributed by atoms with Gasteiger partial charge in [0.25, 0.3) is 5.91 Å². The first kappa shape index (κ1) is 14.5. The molecule has 1 aliphatic heterocycles. The van der Waals surface area contributed by atoms with Crippen LogP contribution in [0.25, 0.3) is 0 Å². The van der Waals surface area contributed by atoms with Gasteiger partial charge in [0.05, 0.1) is 13.2 Å². The van der Waals surface area contributed by atoms with Gasteiger partial charge in [-0.15, -0.1) is 0 Å². The molecule has 1 unspecified atom stereocenters. The number of hydrogen-bond donors (Lipinski definition) is 1. The van der Waals surface area contributed by atoms with Crippen molar-refractivity contribution in [1.82, 2.24) is 5.32 Å². The van der Waals surface area contributed by atoms with E-state index in [9.17, 15) is 4.79 Å². The minimum Gasteiger partial charge on any atom is -0.349 e. The number of rotatable bonds is 2. The Labute approximate surface area is 125 Å². The van der Waals surface area contributed by atoms with E-state index in [4.69, 9.17) is 9.47 Å². The zero-order chi connectivity index (χ0) is 14.9. The van der Waals surface area contributed by atoms with Gasteiger partial charge < -0.3 is 14.8 Å². The van der Waals surface area contributed by atoms with Gasteiger partial charge in [-0.05, 0) is 38.3 Å². The molecule has 3 rings (SSSR count). The first-order chi connectivity index (χ1) is 10.1. The summed E-state index contributed by atoms with van der Waals surface area (Å²) in [5.74, 6) is -0.439. The summed E-state index contributed by atoms with van der Waals surface area (Å²) in [5.41, 5.74) is 2.95. The van der Waals surface area contributed by atoms with E-state index in [-0.39, 0.29) is 11.9 Å². The number of nitrogens with one attached hydrogen (secondary N) is 1. The zero-order valence-corrected chi connectivity index (χ0v) is 12.8. The van der Waals surface area contributed by atoms with E-state index in [1.54, 1.807) is 0 Å². The van der Waals surface area contributed by atoms with E-state index in [1.807, 2.05) is 32.0 Å². The molecule has 2 aliphatic rings. The second-order valence-corrected chi connectivity index (χ2v) is 6.19. The van der Waals surface area contributed by atoms with Gasteiger partial charge in [0.2, 0.25) is 0 Å². The predicted molar refractivity (Wildman–Crippen MR) is 80.3 cm³/mol. The number of ether oxygens (including phenoxy) is 2. The van der Waals surface area contributed by atoms with Crippen LogP contribution in [0.5, 0.6) is 0 Å². The molecule has 1 aromatic rings. The number of carbonyl (C=O) groups is 1. The summed E-state index contributed by atoms with van der Waals surface area (Å²) in [6.45, 7) is 5.34. The van der Waals surface area contributed by atoms with Crippen molar-refractivity contribution in [3.8, 4) is 0 Å². The maximum absolute atomic E-state index is 12.5. The molecule has 4 nitrogen and oxygen atoms in total. The van der Waals surface area contributed by atoms with Crippen molar-refractivity contribution in [2.24, 2.45) is 0 Å². The zero-order valence-electron chi connectivity index (χ0n) is 12.8. The fourth-order valence-corrected chi connectivity index (χ4v) is 3.41. The highest BCUT2D eigenvalue weighted by atomic mass is 16.7. The van der Waals surface area contributed by atoms with Crippen molar-refractivity contribution in [3.05, 3.63) is 34.9 Å². The molecule has 114 valence electrons. The molecule has 1 saturated heterocycles. The second-order valence-electron chi connectivity index (χ2n) is 6.19. The highest BCUT2D eigenvalue weighted by Gasteiger charge is 2.41. The van der Waals surface area contributed by atoms with Gasteiger partial charge in [-0.1, -0.05) is 17.7 Å². The average Bonchev–Trinajstić information content (AvgIpc) is 2.86. The fourth-order valence-electron chi connectivity index (χ4n) is 3.41. The summed E-state index contributed by atoms with van der Waals surface area (Å²) in [7, 11) is 0. The Kier molecular flexibility index (Phi) is 4.00. The molecule has 0 radical (unpaired) electrons. The number of benzene rings is 1. The Hall–Kier alpha value is -1.39. The van der Waals surface area contributed by atoms with Crippen LogP contribution in [0.15, 0.2) is 18.2 Å². The quantitative estimate of drug-likeness (QED) is 0.910. The van der Waals surface area contributed by atoms with Crippen LogP contribution in [-0.4, -0.2) is 30.9 Å². The number of carbonyl (C=O) groups excluding carboxylic acids is 1. The van der Waals surface area contributed by atoms with E-state index in [0.717, 1.165) is 36.8 Å². The number of amides is 1. The third kappa shape index (κ3) is 3.11. The van der Waals surface area contributed by atoms with E-state index in [0.29, 0.717) is 13.2 Å². The summed E-state index contributed by atoms with van der Waals surface area (Å²) in [6.07, 6.45) is 3.70. The monoisotopic (exact) mass is 289 g/mol. The van der Waals surface area contributed by atoms with Gasteiger partial charge >= 0.3 is 0 Å².